The molecule has 5 heteroatoms. The van der Waals surface area contributed by atoms with Crippen LogP contribution in [-0.2, 0) is 6.54 Å². The van der Waals surface area contributed by atoms with Crippen molar-refractivity contribution < 1.29 is 0 Å². The van der Waals surface area contributed by atoms with Gasteiger partial charge in [-0.25, -0.2) is 0 Å². The summed E-state index contributed by atoms with van der Waals surface area (Å²) in [7, 11) is 0. The van der Waals surface area contributed by atoms with E-state index in [9.17, 15) is 0 Å². The highest BCUT2D eigenvalue weighted by Gasteiger charge is 2.12. The lowest BCUT2D eigenvalue weighted by molar-refractivity contribution is 0.423. The van der Waals surface area contributed by atoms with Gasteiger partial charge < -0.3 is 5.32 Å². The van der Waals surface area contributed by atoms with E-state index in [1.54, 1.807) is 11.3 Å². The Kier molecular flexibility index (Phi) is 4.23. The van der Waals surface area contributed by atoms with E-state index in [0.717, 1.165) is 32.7 Å². The van der Waals surface area contributed by atoms with E-state index in [2.05, 4.69) is 36.3 Å². The molecule has 0 unspecified atom stereocenters. The summed E-state index contributed by atoms with van der Waals surface area (Å²) in [5.41, 5.74) is 2.18. The van der Waals surface area contributed by atoms with Crippen LogP contribution < -0.4 is 5.32 Å². The van der Waals surface area contributed by atoms with Crippen LogP contribution in [0.4, 0.5) is 0 Å². The van der Waals surface area contributed by atoms with Crippen LogP contribution in [0.2, 0.25) is 5.02 Å². The highest BCUT2D eigenvalue weighted by molar-refractivity contribution is 7.14. The molecule has 1 aromatic carbocycles. The molecule has 1 N–H and O–H groups in total. The standard InChI is InChI=1S/C14H18ClN3S/c1-9-5-6-10(7-11(9)15)13-18-17-12(19-13)8-16-14(2,3)4/h5-7,16H,8H2,1-4H3. The van der Waals surface area contributed by atoms with Gasteiger partial charge in [-0.15, -0.1) is 10.2 Å². The van der Waals surface area contributed by atoms with Gasteiger partial charge in [-0.1, -0.05) is 35.1 Å². The first-order chi connectivity index (χ1) is 8.85. The quantitative estimate of drug-likeness (QED) is 0.928. The number of halogens is 1. The van der Waals surface area contributed by atoms with Crippen LogP contribution >= 0.6 is 22.9 Å². The Morgan fingerprint density at radius 3 is 2.63 bits per heavy atom. The van der Waals surface area contributed by atoms with E-state index >= 15 is 0 Å². The highest BCUT2D eigenvalue weighted by Crippen LogP contribution is 2.27. The summed E-state index contributed by atoms with van der Waals surface area (Å²) >= 11 is 7.73. The minimum Gasteiger partial charge on any atom is -0.306 e. The van der Waals surface area contributed by atoms with Crippen LogP contribution in [0.5, 0.6) is 0 Å². The number of aromatic nitrogens is 2. The Balaban J connectivity index is 2.14. The van der Waals surface area contributed by atoms with Crippen molar-refractivity contribution >= 4 is 22.9 Å². The smallest absolute Gasteiger partial charge is 0.147 e. The lowest BCUT2D eigenvalue weighted by Gasteiger charge is -2.19. The fourth-order valence-corrected chi connectivity index (χ4v) is 2.46. The van der Waals surface area contributed by atoms with E-state index < -0.39 is 0 Å². The second kappa shape index (κ2) is 5.57. The van der Waals surface area contributed by atoms with Crippen molar-refractivity contribution in [3.63, 3.8) is 0 Å². The maximum atomic E-state index is 6.14. The molecule has 0 saturated carbocycles. The van der Waals surface area contributed by atoms with E-state index in [1.165, 1.54) is 0 Å². The van der Waals surface area contributed by atoms with Crippen molar-refractivity contribution in [1.29, 1.82) is 0 Å². The van der Waals surface area contributed by atoms with Crippen molar-refractivity contribution in [2.45, 2.75) is 39.8 Å². The van der Waals surface area contributed by atoms with Crippen LogP contribution in [0.3, 0.4) is 0 Å². The number of nitrogens with zero attached hydrogens (tertiary/aromatic N) is 2. The van der Waals surface area contributed by atoms with E-state index in [1.807, 2.05) is 25.1 Å². The second-order valence-corrected chi connectivity index (χ2v) is 7.04. The maximum absolute atomic E-state index is 6.14. The minimum atomic E-state index is 0.0823. The molecule has 2 rings (SSSR count). The first kappa shape index (κ1) is 14.4. The van der Waals surface area contributed by atoms with E-state index in [-0.39, 0.29) is 5.54 Å². The van der Waals surface area contributed by atoms with Gasteiger partial charge in [0.2, 0.25) is 0 Å². The fourth-order valence-electron chi connectivity index (χ4n) is 1.51. The van der Waals surface area contributed by atoms with Crippen molar-refractivity contribution in [2.75, 3.05) is 0 Å². The summed E-state index contributed by atoms with van der Waals surface area (Å²) in [4.78, 5) is 0. The molecule has 0 aliphatic rings. The number of rotatable bonds is 3. The van der Waals surface area contributed by atoms with Gasteiger partial charge in [-0.2, -0.15) is 0 Å². The van der Waals surface area contributed by atoms with Crippen molar-refractivity contribution in [3.05, 3.63) is 33.8 Å². The Morgan fingerprint density at radius 2 is 2.00 bits per heavy atom. The molecule has 0 atom stereocenters. The fraction of sp³-hybridized carbons (Fsp3) is 0.429. The zero-order valence-electron chi connectivity index (χ0n) is 11.6. The van der Waals surface area contributed by atoms with Crippen molar-refractivity contribution in [3.8, 4) is 10.6 Å². The molecule has 0 radical (unpaired) electrons. The summed E-state index contributed by atoms with van der Waals surface area (Å²) in [5, 5.41) is 14.5. The van der Waals surface area contributed by atoms with E-state index in [0.29, 0.717) is 0 Å². The van der Waals surface area contributed by atoms with Crippen molar-refractivity contribution in [1.82, 2.24) is 15.5 Å². The Bertz CT molecular complexity index is 572. The molecule has 0 aliphatic carbocycles. The average Bonchev–Trinajstić information content (AvgIpc) is 2.78. The van der Waals surface area contributed by atoms with Crippen LogP contribution in [-0.4, -0.2) is 15.7 Å². The summed E-state index contributed by atoms with van der Waals surface area (Å²) in [6.07, 6.45) is 0. The molecule has 0 amide bonds. The summed E-state index contributed by atoms with van der Waals surface area (Å²) in [6, 6.07) is 5.98. The van der Waals surface area contributed by atoms with Crippen LogP contribution in [0.25, 0.3) is 10.6 Å². The first-order valence-electron chi connectivity index (χ1n) is 6.19. The zero-order chi connectivity index (χ0) is 14.0. The van der Waals surface area contributed by atoms with Gasteiger partial charge in [0, 0.05) is 16.1 Å². The highest BCUT2D eigenvalue weighted by atomic mass is 35.5. The molecule has 0 spiro atoms. The third-order valence-corrected chi connectivity index (χ3v) is 4.04. The molecule has 2 aromatic rings. The van der Waals surface area contributed by atoms with Crippen LogP contribution in [0, 0.1) is 6.92 Å². The molecule has 3 nitrogen and oxygen atoms in total. The second-order valence-electron chi connectivity index (χ2n) is 5.57. The van der Waals surface area contributed by atoms with Gasteiger partial charge in [0.05, 0.1) is 6.54 Å². The molecule has 0 aliphatic heterocycles. The summed E-state index contributed by atoms with van der Waals surface area (Å²) in [6.45, 7) is 9.13. The summed E-state index contributed by atoms with van der Waals surface area (Å²) in [5.74, 6) is 0. The van der Waals surface area contributed by atoms with Gasteiger partial charge in [0.15, 0.2) is 0 Å². The monoisotopic (exact) mass is 295 g/mol. The lowest BCUT2D eigenvalue weighted by atomic mass is 10.1. The molecule has 0 fully saturated rings. The first-order valence-corrected chi connectivity index (χ1v) is 7.38. The molecule has 19 heavy (non-hydrogen) atoms. The molecule has 1 heterocycles. The SMILES string of the molecule is Cc1ccc(-c2nnc(CNC(C)(C)C)s2)cc1Cl. The van der Waals surface area contributed by atoms with Crippen LogP contribution in [0.1, 0.15) is 31.3 Å². The number of nitrogens with one attached hydrogen (secondary N) is 1. The largest absolute Gasteiger partial charge is 0.306 e. The molecule has 1 aromatic heterocycles. The van der Waals surface area contributed by atoms with Gasteiger partial charge in [0.25, 0.3) is 0 Å². The zero-order valence-corrected chi connectivity index (χ0v) is 13.2. The average molecular weight is 296 g/mol. The minimum absolute atomic E-state index is 0.0823. The normalized spacial score (nSPS) is 11.8. The number of hydrogen-bond acceptors (Lipinski definition) is 4. The Morgan fingerprint density at radius 1 is 1.26 bits per heavy atom. The molecule has 0 bridgehead atoms. The molecular formula is C14H18ClN3S. The van der Waals surface area contributed by atoms with Gasteiger partial charge in [-0.3, -0.25) is 0 Å². The Hall–Kier alpha value is -0.970. The topological polar surface area (TPSA) is 37.8 Å². The third-order valence-electron chi connectivity index (χ3n) is 2.66. The summed E-state index contributed by atoms with van der Waals surface area (Å²) < 4.78 is 0. The molecule has 0 saturated heterocycles. The number of aryl methyl sites for hydroxylation is 1. The van der Waals surface area contributed by atoms with Gasteiger partial charge >= 0.3 is 0 Å². The van der Waals surface area contributed by atoms with Gasteiger partial charge in [0.1, 0.15) is 10.0 Å². The maximum Gasteiger partial charge on any atom is 0.147 e. The lowest BCUT2D eigenvalue weighted by Crippen LogP contribution is -2.35. The Labute approximate surface area is 123 Å². The van der Waals surface area contributed by atoms with E-state index in [4.69, 9.17) is 11.6 Å². The number of hydrogen-bond donors (Lipinski definition) is 1. The predicted octanol–water partition coefficient (Wildman–Crippen LogP) is 4.06. The molecular weight excluding hydrogens is 278 g/mol. The third kappa shape index (κ3) is 4.00. The number of benzene rings is 1. The van der Waals surface area contributed by atoms with Crippen molar-refractivity contribution in [2.24, 2.45) is 0 Å². The van der Waals surface area contributed by atoms with Crippen LogP contribution in [0.15, 0.2) is 18.2 Å². The van der Waals surface area contributed by atoms with Gasteiger partial charge in [-0.05, 0) is 39.3 Å². The molecule has 102 valence electrons. The predicted molar refractivity (Wildman–Crippen MR) is 81.7 cm³/mol.